The van der Waals surface area contributed by atoms with E-state index in [-0.39, 0.29) is 64.6 Å². The van der Waals surface area contributed by atoms with Crippen molar-refractivity contribution in [2.45, 2.75) is 33.0 Å². The van der Waals surface area contributed by atoms with Crippen LogP contribution in [0.1, 0.15) is 30.0 Å². The summed E-state index contributed by atoms with van der Waals surface area (Å²) in [5, 5.41) is 9.10. The van der Waals surface area contributed by atoms with E-state index < -0.39 is 6.03 Å². The first-order valence-electron chi connectivity index (χ1n) is 14.9. The van der Waals surface area contributed by atoms with Crippen LogP contribution in [0, 0.1) is 0 Å². The van der Waals surface area contributed by atoms with Crippen LogP contribution in [0.3, 0.4) is 0 Å². The van der Waals surface area contributed by atoms with E-state index in [1.54, 1.807) is 37.4 Å². The quantitative estimate of drug-likeness (QED) is 0.138. The molecule has 12 nitrogen and oxygen atoms in total. The second kappa shape index (κ2) is 15.1. The van der Waals surface area contributed by atoms with Gasteiger partial charge in [-0.2, -0.15) is 4.98 Å². The molecule has 1 aliphatic heterocycles. The minimum absolute atomic E-state index is 0.0392. The molecule has 4 aromatic rings. The largest absolute Gasteiger partial charge is 0.495 e. The van der Waals surface area contributed by atoms with Crippen molar-refractivity contribution in [2.24, 2.45) is 0 Å². The Morgan fingerprint density at radius 1 is 1.04 bits per heavy atom. The van der Waals surface area contributed by atoms with Crippen LogP contribution in [0.4, 0.5) is 33.6 Å². The number of hydrogen-bond acceptors (Lipinski definition) is 8. The van der Waals surface area contributed by atoms with Crippen molar-refractivity contribution < 1.29 is 23.9 Å². The molecule has 0 unspecified atom stereocenters. The average Bonchev–Trinajstić information content (AvgIpc) is 3.09. The van der Waals surface area contributed by atoms with Crippen LogP contribution in [0.5, 0.6) is 11.5 Å². The summed E-state index contributed by atoms with van der Waals surface area (Å²) < 4.78 is 10.9. The Labute approximate surface area is 287 Å². The summed E-state index contributed by atoms with van der Waals surface area (Å²) in [6.45, 7) is 5.62. The van der Waals surface area contributed by atoms with Gasteiger partial charge in [0.05, 0.1) is 33.0 Å². The highest BCUT2D eigenvalue weighted by molar-refractivity contribution is 6.42. The predicted molar refractivity (Wildman–Crippen MR) is 186 cm³/mol. The first-order chi connectivity index (χ1) is 23.2. The van der Waals surface area contributed by atoms with Crippen molar-refractivity contribution >= 4 is 69.9 Å². The lowest BCUT2D eigenvalue weighted by atomic mass is 10.1. The molecule has 0 atom stereocenters. The molecule has 0 aliphatic carbocycles. The van der Waals surface area contributed by atoms with Crippen LogP contribution in [0.2, 0.25) is 10.0 Å². The number of hydrogen-bond donors (Lipinski definition) is 3. The molecule has 248 valence electrons. The number of halogens is 2. The topological polar surface area (TPSA) is 138 Å². The van der Waals surface area contributed by atoms with E-state index in [1.165, 1.54) is 30.1 Å². The Balaban J connectivity index is 1.57. The summed E-state index contributed by atoms with van der Waals surface area (Å²) in [6, 6.07) is 15.7. The highest BCUT2D eigenvalue weighted by Gasteiger charge is 2.37. The molecule has 0 spiro atoms. The van der Waals surface area contributed by atoms with Gasteiger partial charge < -0.3 is 25.4 Å². The number of nitrogens with zero attached hydrogens (tertiary/aromatic N) is 4. The number of fused-ring (bicyclic) bond motifs is 1. The Bertz CT molecular complexity index is 1860. The van der Waals surface area contributed by atoms with Gasteiger partial charge in [-0.1, -0.05) is 67.0 Å². The first kappa shape index (κ1) is 34.0. The fraction of sp³-hybridized carbons (Fsp3) is 0.206. The standard InChI is InChI=1S/C34H33Cl2N7O5/c1-5-27(44)37-16-21-11-7-8-13-24(21)40-33-38-17-22-19-42(31-29(35)25(47-3)15-26(48-4)30(31)36)34(46)43(32(22)41-33)18-20-10-9-12-23(14-20)39-28(45)6-2/h5,7-15,17H,1,6,16,18-19H2,2-4H3,(H,37,44)(H,39,45)(H,38,40,41). The number of benzene rings is 3. The minimum atomic E-state index is -0.471. The first-order valence-corrected chi connectivity index (χ1v) is 15.6. The number of carbonyl (C=O) groups excluding carboxylic acids is 3. The van der Waals surface area contributed by atoms with Crippen LogP contribution in [0.15, 0.2) is 73.4 Å². The number of amides is 4. The van der Waals surface area contributed by atoms with E-state index in [0.29, 0.717) is 29.2 Å². The normalized spacial score (nSPS) is 12.2. The van der Waals surface area contributed by atoms with E-state index in [4.69, 9.17) is 37.7 Å². The van der Waals surface area contributed by atoms with Gasteiger partial charge in [-0.3, -0.25) is 19.4 Å². The lowest BCUT2D eigenvalue weighted by Gasteiger charge is -2.37. The zero-order chi connectivity index (χ0) is 34.4. The molecule has 0 saturated heterocycles. The van der Waals surface area contributed by atoms with Gasteiger partial charge in [-0.05, 0) is 35.4 Å². The molecule has 14 heteroatoms. The number of methoxy groups -OCH3 is 2. The van der Waals surface area contributed by atoms with Crippen LogP contribution in [-0.2, 0) is 29.2 Å². The molecule has 3 aromatic carbocycles. The Kier molecular flexibility index (Phi) is 10.7. The Hall–Kier alpha value is -5.33. The third-order valence-corrected chi connectivity index (χ3v) is 8.21. The summed E-state index contributed by atoms with van der Waals surface area (Å²) in [5.41, 5.74) is 3.58. The van der Waals surface area contributed by atoms with E-state index in [1.807, 2.05) is 30.3 Å². The van der Waals surface area contributed by atoms with E-state index in [2.05, 4.69) is 27.5 Å². The maximum absolute atomic E-state index is 14.5. The van der Waals surface area contributed by atoms with E-state index in [0.717, 1.165) is 11.1 Å². The molecule has 1 aliphatic rings. The fourth-order valence-corrected chi connectivity index (χ4v) is 5.76. The SMILES string of the molecule is C=CC(=O)NCc1ccccc1Nc1ncc2c(n1)N(Cc1cccc(NC(=O)CC)c1)C(=O)N(c1c(Cl)c(OC)cc(OC)c1Cl)C2. The van der Waals surface area contributed by atoms with Gasteiger partial charge in [-0.25, -0.2) is 9.78 Å². The maximum Gasteiger partial charge on any atom is 0.330 e. The molecule has 2 heterocycles. The lowest BCUT2D eigenvalue weighted by molar-refractivity contribution is -0.117. The molecule has 3 N–H and O–H groups in total. The fourth-order valence-electron chi connectivity index (χ4n) is 5.06. The lowest BCUT2D eigenvalue weighted by Crippen LogP contribution is -2.48. The zero-order valence-electron chi connectivity index (χ0n) is 26.5. The van der Waals surface area contributed by atoms with Crippen LogP contribution >= 0.6 is 23.2 Å². The van der Waals surface area contributed by atoms with Crippen molar-refractivity contribution in [1.29, 1.82) is 0 Å². The highest BCUT2D eigenvalue weighted by atomic mass is 35.5. The second-order valence-corrected chi connectivity index (χ2v) is 11.3. The predicted octanol–water partition coefficient (Wildman–Crippen LogP) is 6.84. The number of carbonyl (C=O) groups is 3. The molecule has 5 rings (SSSR count). The highest BCUT2D eigenvalue weighted by Crippen LogP contribution is 2.48. The second-order valence-electron chi connectivity index (χ2n) is 10.6. The van der Waals surface area contributed by atoms with Crippen molar-refractivity contribution in [3.05, 3.63) is 100 Å². The van der Waals surface area contributed by atoms with Gasteiger partial charge in [0.2, 0.25) is 17.8 Å². The Morgan fingerprint density at radius 3 is 2.46 bits per heavy atom. The van der Waals surface area contributed by atoms with Gasteiger partial charge in [0.1, 0.15) is 27.4 Å². The number of rotatable bonds is 12. The van der Waals surface area contributed by atoms with Crippen molar-refractivity contribution in [3.8, 4) is 11.5 Å². The van der Waals surface area contributed by atoms with Crippen molar-refractivity contribution in [3.63, 3.8) is 0 Å². The van der Waals surface area contributed by atoms with Gasteiger partial charge in [-0.15, -0.1) is 0 Å². The van der Waals surface area contributed by atoms with Gasteiger partial charge in [0, 0.05) is 42.2 Å². The van der Waals surface area contributed by atoms with E-state index >= 15 is 0 Å². The molecule has 0 saturated carbocycles. The third-order valence-electron chi connectivity index (χ3n) is 7.48. The average molecular weight is 691 g/mol. The summed E-state index contributed by atoms with van der Waals surface area (Å²) in [5.74, 6) is 0.691. The minimum Gasteiger partial charge on any atom is -0.495 e. The van der Waals surface area contributed by atoms with Crippen molar-refractivity contribution in [1.82, 2.24) is 15.3 Å². The molecular formula is C34H33Cl2N7O5. The number of ether oxygens (including phenoxy) is 2. The third kappa shape index (κ3) is 7.29. The van der Waals surface area contributed by atoms with Gasteiger partial charge in [0.25, 0.3) is 0 Å². The molecule has 0 bridgehead atoms. The number of nitrogens with one attached hydrogen (secondary N) is 3. The molecule has 0 fully saturated rings. The smallest absolute Gasteiger partial charge is 0.330 e. The number of para-hydroxylation sites is 1. The van der Waals surface area contributed by atoms with Gasteiger partial charge >= 0.3 is 6.03 Å². The van der Waals surface area contributed by atoms with E-state index in [9.17, 15) is 14.4 Å². The number of urea groups is 1. The van der Waals surface area contributed by atoms with Crippen LogP contribution in [0.25, 0.3) is 0 Å². The number of anilines is 5. The Morgan fingerprint density at radius 2 is 1.77 bits per heavy atom. The van der Waals surface area contributed by atoms with Gasteiger partial charge in [0.15, 0.2) is 0 Å². The summed E-state index contributed by atoms with van der Waals surface area (Å²) in [4.78, 5) is 50.6. The zero-order valence-corrected chi connectivity index (χ0v) is 28.0. The molecule has 48 heavy (non-hydrogen) atoms. The summed E-state index contributed by atoms with van der Waals surface area (Å²) >= 11 is 13.5. The summed E-state index contributed by atoms with van der Waals surface area (Å²) in [7, 11) is 2.91. The molecule has 4 amide bonds. The molecular weight excluding hydrogens is 657 g/mol. The molecule has 1 aromatic heterocycles. The van der Waals surface area contributed by atoms with Crippen molar-refractivity contribution in [2.75, 3.05) is 34.7 Å². The summed E-state index contributed by atoms with van der Waals surface area (Å²) in [6.07, 6.45) is 3.14. The van der Waals surface area contributed by atoms with Crippen LogP contribution in [-0.4, -0.2) is 42.0 Å². The van der Waals surface area contributed by atoms with Crippen LogP contribution < -0.4 is 35.2 Å². The monoisotopic (exact) mass is 689 g/mol. The maximum atomic E-state index is 14.5. The molecule has 0 radical (unpaired) electrons. The number of aromatic nitrogens is 2.